The van der Waals surface area contributed by atoms with Gasteiger partial charge in [0.05, 0.1) is 13.2 Å². The summed E-state index contributed by atoms with van der Waals surface area (Å²) >= 11 is 0. The van der Waals surface area contributed by atoms with E-state index >= 15 is 0 Å². The van der Waals surface area contributed by atoms with Crippen LogP contribution in [0, 0.1) is 0 Å². The molecule has 0 aliphatic rings. The first-order valence-electron chi connectivity index (χ1n) is 17.1. The molecule has 5 heteroatoms. The minimum absolute atomic E-state index is 0.270. The quantitative estimate of drug-likeness (QED) is 0.0884. The second-order valence-electron chi connectivity index (χ2n) is 12.1. The molecule has 5 nitrogen and oxygen atoms in total. The summed E-state index contributed by atoms with van der Waals surface area (Å²) < 4.78 is 10.3. The molecule has 5 rings (SSSR count). The Morgan fingerprint density at radius 3 is 1.20 bits per heavy atom. The van der Waals surface area contributed by atoms with Crippen LogP contribution in [0.2, 0.25) is 0 Å². The number of ether oxygens (including phenoxy) is 2. The SMILES string of the molecule is CCc1ccc(C(=Cc2ccc(N(c3ccc(CCOC(C)=O)cc3)c3ccc(CCOC(C)=O)cc3)cc2)c2ccc(CC)cc2)cc1. The van der Waals surface area contributed by atoms with E-state index in [1.54, 1.807) is 0 Å². The first kappa shape index (κ1) is 34.9. The van der Waals surface area contributed by atoms with E-state index in [0.29, 0.717) is 26.1 Å². The van der Waals surface area contributed by atoms with Gasteiger partial charge in [-0.3, -0.25) is 9.59 Å². The number of aryl methyl sites for hydroxylation is 2. The Bertz CT molecular complexity index is 1720. The lowest BCUT2D eigenvalue weighted by atomic mass is 9.93. The molecule has 0 fully saturated rings. The minimum Gasteiger partial charge on any atom is -0.466 e. The van der Waals surface area contributed by atoms with Crippen molar-refractivity contribution in [3.05, 3.63) is 160 Å². The topological polar surface area (TPSA) is 55.8 Å². The Hall–Kier alpha value is -5.42. The smallest absolute Gasteiger partial charge is 0.302 e. The van der Waals surface area contributed by atoms with Gasteiger partial charge in [-0.2, -0.15) is 0 Å². The van der Waals surface area contributed by atoms with Gasteiger partial charge in [0.15, 0.2) is 0 Å². The van der Waals surface area contributed by atoms with Gasteiger partial charge in [0, 0.05) is 43.8 Å². The van der Waals surface area contributed by atoms with Gasteiger partial charge in [0.1, 0.15) is 0 Å². The fourth-order valence-corrected chi connectivity index (χ4v) is 5.76. The summed E-state index contributed by atoms with van der Waals surface area (Å²) in [5.74, 6) is -0.540. The highest BCUT2D eigenvalue weighted by Crippen LogP contribution is 2.36. The maximum Gasteiger partial charge on any atom is 0.302 e. The van der Waals surface area contributed by atoms with Crippen molar-refractivity contribution >= 4 is 40.6 Å². The molecular formula is C44H45NO4. The van der Waals surface area contributed by atoms with Crippen LogP contribution < -0.4 is 4.90 Å². The van der Waals surface area contributed by atoms with Crippen LogP contribution in [0.15, 0.2) is 121 Å². The lowest BCUT2D eigenvalue weighted by molar-refractivity contribution is -0.141. The Balaban J connectivity index is 1.47. The van der Waals surface area contributed by atoms with E-state index in [1.165, 1.54) is 41.7 Å². The highest BCUT2D eigenvalue weighted by molar-refractivity contribution is 5.92. The predicted octanol–water partition coefficient (Wildman–Crippen LogP) is 10.1. The van der Waals surface area contributed by atoms with E-state index in [0.717, 1.165) is 46.6 Å². The third-order valence-electron chi connectivity index (χ3n) is 8.59. The van der Waals surface area contributed by atoms with Gasteiger partial charge in [0.2, 0.25) is 0 Å². The third kappa shape index (κ3) is 9.80. The maximum absolute atomic E-state index is 11.2. The number of hydrogen-bond acceptors (Lipinski definition) is 5. The molecule has 0 saturated carbocycles. The molecule has 0 unspecified atom stereocenters. The van der Waals surface area contributed by atoms with E-state index in [4.69, 9.17) is 9.47 Å². The van der Waals surface area contributed by atoms with E-state index in [2.05, 4.69) is 146 Å². The molecule has 0 amide bonds. The molecule has 0 aromatic heterocycles. The number of rotatable bonds is 14. The molecule has 49 heavy (non-hydrogen) atoms. The van der Waals surface area contributed by atoms with Crippen molar-refractivity contribution < 1.29 is 19.1 Å². The van der Waals surface area contributed by atoms with Gasteiger partial charge in [-0.25, -0.2) is 0 Å². The van der Waals surface area contributed by atoms with E-state index in [9.17, 15) is 9.59 Å². The summed E-state index contributed by atoms with van der Waals surface area (Å²) in [6.45, 7) is 7.93. The first-order chi connectivity index (χ1) is 23.8. The molecule has 0 spiro atoms. The standard InChI is InChI=1S/C44H45NO4/c1-5-34-7-17-39(18-8-34)44(40-19-9-35(6-2)10-20-40)31-38-15-25-43(26-16-38)45(41-21-11-36(12-22-41)27-29-48-32(3)46)42-23-13-37(14-24-42)28-30-49-33(4)47/h7-26,31H,5-6,27-30H2,1-4H3. The Morgan fingerprint density at radius 1 is 0.510 bits per heavy atom. The molecule has 0 aliphatic carbocycles. The number of benzene rings is 5. The van der Waals surface area contributed by atoms with Crippen LogP contribution in [0.25, 0.3) is 11.6 Å². The first-order valence-corrected chi connectivity index (χ1v) is 17.1. The normalized spacial score (nSPS) is 10.7. The lowest BCUT2D eigenvalue weighted by Crippen LogP contribution is -2.10. The molecule has 5 aromatic rings. The minimum atomic E-state index is -0.270. The van der Waals surface area contributed by atoms with Gasteiger partial charge >= 0.3 is 11.9 Å². The number of anilines is 3. The summed E-state index contributed by atoms with van der Waals surface area (Å²) in [6, 6.07) is 43.1. The van der Waals surface area contributed by atoms with Gasteiger partial charge in [-0.05, 0) is 99.8 Å². The van der Waals surface area contributed by atoms with E-state index in [-0.39, 0.29) is 11.9 Å². The fourth-order valence-electron chi connectivity index (χ4n) is 5.76. The summed E-state index contributed by atoms with van der Waals surface area (Å²) in [5.41, 5.74) is 12.6. The van der Waals surface area contributed by atoms with Gasteiger partial charge in [-0.15, -0.1) is 0 Å². The highest BCUT2D eigenvalue weighted by Gasteiger charge is 2.14. The largest absolute Gasteiger partial charge is 0.466 e. The number of esters is 2. The van der Waals surface area contributed by atoms with Crippen LogP contribution in [0.4, 0.5) is 17.1 Å². The molecule has 0 radical (unpaired) electrons. The second-order valence-corrected chi connectivity index (χ2v) is 12.1. The zero-order valence-corrected chi connectivity index (χ0v) is 28.9. The predicted molar refractivity (Wildman–Crippen MR) is 200 cm³/mol. The van der Waals surface area contributed by atoms with Gasteiger partial charge in [0.25, 0.3) is 0 Å². The van der Waals surface area contributed by atoms with Gasteiger partial charge in [-0.1, -0.05) is 98.8 Å². The maximum atomic E-state index is 11.2. The van der Waals surface area contributed by atoms with Crippen LogP contribution in [-0.4, -0.2) is 25.2 Å². The lowest BCUT2D eigenvalue weighted by Gasteiger charge is -2.26. The summed E-state index contributed by atoms with van der Waals surface area (Å²) in [4.78, 5) is 24.7. The van der Waals surface area contributed by atoms with Crippen LogP contribution in [-0.2, 0) is 44.7 Å². The molecule has 0 aliphatic heterocycles. The molecule has 250 valence electrons. The Morgan fingerprint density at radius 2 is 0.857 bits per heavy atom. The van der Waals surface area contributed by atoms with Crippen molar-refractivity contribution in [2.24, 2.45) is 0 Å². The molecule has 0 atom stereocenters. The number of hydrogen-bond donors (Lipinski definition) is 0. The molecule has 0 saturated heterocycles. The fraction of sp³-hybridized carbons (Fsp3) is 0.227. The molecule has 0 heterocycles. The zero-order valence-electron chi connectivity index (χ0n) is 28.9. The van der Waals surface area contributed by atoms with Crippen LogP contribution >= 0.6 is 0 Å². The Kier molecular flexibility index (Phi) is 12.2. The van der Waals surface area contributed by atoms with Crippen LogP contribution in [0.1, 0.15) is 66.6 Å². The zero-order chi connectivity index (χ0) is 34.6. The van der Waals surface area contributed by atoms with Crippen molar-refractivity contribution in [2.45, 2.75) is 53.4 Å². The molecule has 5 aromatic carbocycles. The molecule has 0 N–H and O–H groups in total. The molecular weight excluding hydrogens is 606 g/mol. The monoisotopic (exact) mass is 651 g/mol. The summed E-state index contributed by atoms with van der Waals surface area (Å²) in [5, 5.41) is 0. The summed E-state index contributed by atoms with van der Waals surface area (Å²) in [7, 11) is 0. The van der Waals surface area contributed by atoms with Crippen LogP contribution in [0.3, 0.4) is 0 Å². The van der Waals surface area contributed by atoms with Crippen molar-refractivity contribution in [1.82, 2.24) is 0 Å². The van der Waals surface area contributed by atoms with Crippen molar-refractivity contribution in [2.75, 3.05) is 18.1 Å². The third-order valence-corrected chi connectivity index (χ3v) is 8.59. The van der Waals surface area contributed by atoms with Crippen molar-refractivity contribution in [3.8, 4) is 0 Å². The van der Waals surface area contributed by atoms with Gasteiger partial charge < -0.3 is 14.4 Å². The Labute approximate surface area is 290 Å². The summed E-state index contributed by atoms with van der Waals surface area (Å²) in [6.07, 6.45) is 5.60. The van der Waals surface area contributed by atoms with Crippen molar-refractivity contribution in [3.63, 3.8) is 0 Å². The highest BCUT2D eigenvalue weighted by atomic mass is 16.5. The number of nitrogens with zero attached hydrogens (tertiary/aromatic N) is 1. The van der Waals surface area contributed by atoms with E-state index in [1.807, 2.05) is 0 Å². The average molecular weight is 652 g/mol. The van der Waals surface area contributed by atoms with Crippen LogP contribution in [0.5, 0.6) is 0 Å². The second kappa shape index (κ2) is 17.1. The van der Waals surface area contributed by atoms with E-state index < -0.39 is 0 Å². The van der Waals surface area contributed by atoms with Crippen molar-refractivity contribution in [1.29, 1.82) is 0 Å². The molecule has 0 bridgehead atoms. The average Bonchev–Trinajstić information content (AvgIpc) is 3.12. The number of carbonyl (C=O) groups excluding carboxylic acids is 2. The number of carbonyl (C=O) groups is 2.